The van der Waals surface area contributed by atoms with Gasteiger partial charge in [0, 0.05) is 23.9 Å². The van der Waals surface area contributed by atoms with Gasteiger partial charge < -0.3 is 5.11 Å². The van der Waals surface area contributed by atoms with Gasteiger partial charge in [0.05, 0.1) is 0 Å². The predicted octanol–water partition coefficient (Wildman–Crippen LogP) is 2.52. The van der Waals surface area contributed by atoms with E-state index >= 15 is 0 Å². The summed E-state index contributed by atoms with van der Waals surface area (Å²) in [6, 6.07) is 7.20. The average molecular weight is 208 g/mol. The van der Waals surface area contributed by atoms with Crippen molar-refractivity contribution < 1.29 is 5.11 Å². The average Bonchev–Trinajstić information content (AvgIpc) is 2.19. The molecular formula is C11H10ClNO. The highest BCUT2D eigenvalue weighted by Crippen LogP contribution is 2.28. The van der Waals surface area contributed by atoms with Gasteiger partial charge in [0.1, 0.15) is 5.60 Å². The van der Waals surface area contributed by atoms with Crippen LogP contribution in [-0.2, 0) is 5.60 Å². The Kier molecular flexibility index (Phi) is 2.40. The van der Waals surface area contributed by atoms with Crippen LogP contribution < -0.4 is 0 Å². The zero-order chi connectivity index (χ0) is 10.0. The molecule has 0 amide bonds. The maximum Gasteiger partial charge on any atom is 0.114 e. The summed E-state index contributed by atoms with van der Waals surface area (Å²) in [5, 5.41) is 10.9. The summed E-state index contributed by atoms with van der Waals surface area (Å²) in [6.45, 7) is 0. The minimum atomic E-state index is -0.924. The molecule has 1 aromatic carbocycles. The molecule has 1 unspecified atom stereocenters. The molecule has 3 heteroatoms. The Labute approximate surface area is 87.6 Å². The van der Waals surface area contributed by atoms with Crippen molar-refractivity contribution in [1.82, 2.24) is 0 Å². The van der Waals surface area contributed by atoms with Crippen LogP contribution >= 0.6 is 11.6 Å². The number of nitrogens with zero attached hydrogens (tertiary/aromatic N) is 1. The maximum absolute atomic E-state index is 10.2. The molecule has 2 nitrogen and oxygen atoms in total. The van der Waals surface area contributed by atoms with E-state index < -0.39 is 5.60 Å². The van der Waals surface area contributed by atoms with E-state index in [4.69, 9.17) is 11.6 Å². The first-order valence-corrected chi connectivity index (χ1v) is 4.76. The van der Waals surface area contributed by atoms with E-state index in [9.17, 15) is 5.11 Å². The molecule has 0 aromatic heterocycles. The van der Waals surface area contributed by atoms with Gasteiger partial charge in [-0.3, -0.25) is 4.99 Å². The molecule has 0 spiro atoms. The van der Waals surface area contributed by atoms with Gasteiger partial charge in [-0.05, 0) is 23.8 Å². The van der Waals surface area contributed by atoms with Gasteiger partial charge in [-0.1, -0.05) is 23.7 Å². The van der Waals surface area contributed by atoms with Gasteiger partial charge in [-0.2, -0.15) is 0 Å². The van der Waals surface area contributed by atoms with Gasteiger partial charge in [0.15, 0.2) is 0 Å². The van der Waals surface area contributed by atoms with Crippen molar-refractivity contribution in [3.63, 3.8) is 0 Å². The fourth-order valence-corrected chi connectivity index (χ4v) is 1.57. The molecule has 0 saturated heterocycles. The number of hydrogen-bond acceptors (Lipinski definition) is 2. The van der Waals surface area contributed by atoms with E-state index in [-0.39, 0.29) is 0 Å². The van der Waals surface area contributed by atoms with Gasteiger partial charge in [0.25, 0.3) is 0 Å². The fraction of sp³-hybridized carbons (Fsp3) is 0.182. The molecule has 1 N–H and O–H groups in total. The standard InChI is InChI=1S/C11H10ClNO/c12-10-3-1-9(2-4-10)11(14)5-7-13-8-6-11/h1-5,7-8,14H,6H2. The minimum absolute atomic E-state index is 0.505. The van der Waals surface area contributed by atoms with Crippen LogP contribution in [-0.4, -0.2) is 11.3 Å². The summed E-state index contributed by atoms with van der Waals surface area (Å²) in [5.41, 5.74) is -0.0870. The normalized spacial score (nSPS) is 25.3. The topological polar surface area (TPSA) is 32.6 Å². The lowest BCUT2D eigenvalue weighted by atomic mass is 9.90. The summed E-state index contributed by atoms with van der Waals surface area (Å²) < 4.78 is 0. The largest absolute Gasteiger partial charge is 0.381 e. The van der Waals surface area contributed by atoms with Gasteiger partial charge in [-0.15, -0.1) is 0 Å². The molecule has 1 atom stereocenters. The number of halogens is 1. The van der Waals surface area contributed by atoms with Crippen molar-refractivity contribution in [1.29, 1.82) is 0 Å². The lowest BCUT2D eigenvalue weighted by Gasteiger charge is -2.24. The van der Waals surface area contributed by atoms with E-state index in [0.717, 1.165) is 5.56 Å². The van der Waals surface area contributed by atoms with Crippen LogP contribution in [0.3, 0.4) is 0 Å². The first kappa shape index (κ1) is 9.44. The third-order valence-electron chi connectivity index (χ3n) is 2.29. The first-order valence-electron chi connectivity index (χ1n) is 4.38. The van der Waals surface area contributed by atoms with Gasteiger partial charge in [0.2, 0.25) is 0 Å². The van der Waals surface area contributed by atoms with Crippen LogP contribution in [0.5, 0.6) is 0 Å². The zero-order valence-electron chi connectivity index (χ0n) is 7.52. The molecule has 1 heterocycles. The van der Waals surface area contributed by atoms with Crippen LogP contribution in [0.15, 0.2) is 41.5 Å². The predicted molar refractivity (Wildman–Crippen MR) is 57.6 cm³/mol. The monoisotopic (exact) mass is 207 g/mol. The molecule has 0 bridgehead atoms. The number of rotatable bonds is 1. The molecule has 72 valence electrons. The van der Waals surface area contributed by atoms with E-state index in [1.54, 1.807) is 30.6 Å². The molecule has 1 aromatic rings. The third-order valence-corrected chi connectivity index (χ3v) is 2.54. The number of benzene rings is 1. The van der Waals surface area contributed by atoms with Crippen LogP contribution in [0.4, 0.5) is 0 Å². The molecule has 0 radical (unpaired) electrons. The second-order valence-corrected chi connectivity index (χ2v) is 3.72. The molecule has 1 aliphatic rings. The maximum atomic E-state index is 10.2. The SMILES string of the molecule is OC1(c2ccc(Cl)cc2)C=CN=CC1. The molecule has 0 saturated carbocycles. The summed E-state index contributed by atoms with van der Waals surface area (Å²) in [7, 11) is 0. The number of aliphatic imine (C=N–C) groups is 1. The van der Waals surface area contributed by atoms with E-state index in [1.807, 2.05) is 12.1 Å². The fourth-order valence-electron chi connectivity index (χ4n) is 1.44. The van der Waals surface area contributed by atoms with Crippen molar-refractivity contribution in [3.8, 4) is 0 Å². The molecule has 14 heavy (non-hydrogen) atoms. The molecule has 2 rings (SSSR count). The van der Waals surface area contributed by atoms with Crippen molar-refractivity contribution in [2.75, 3.05) is 0 Å². The first-order chi connectivity index (χ1) is 6.71. The summed E-state index contributed by atoms with van der Waals surface area (Å²) in [4.78, 5) is 3.92. The quantitative estimate of drug-likeness (QED) is 0.754. The van der Waals surface area contributed by atoms with E-state index in [2.05, 4.69) is 4.99 Å². The molecule has 0 aliphatic carbocycles. The van der Waals surface area contributed by atoms with Gasteiger partial charge >= 0.3 is 0 Å². The zero-order valence-corrected chi connectivity index (χ0v) is 8.28. The third kappa shape index (κ3) is 1.72. The Balaban J connectivity index is 2.34. The number of hydrogen-bond donors (Lipinski definition) is 1. The highest BCUT2D eigenvalue weighted by atomic mass is 35.5. The Hall–Kier alpha value is -1.12. The highest BCUT2D eigenvalue weighted by molar-refractivity contribution is 6.30. The van der Waals surface area contributed by atoms with Gasteiger partial charge in [-0.25, -0.2) is 0 Å². The summed E-state index contributed by atoms with van der Waals surface area (Å²) in [5.74, 6) is 0. The summed E-state index contributed by atoms with van der Waals surface area (Å²) >= 11 is 5.77. The van der Waals surface area contributed by atoms with Crippen LogP contribution in [0.2, 0.25) is 5.02 Å². The Morgan fingerprint density at radius 3 is 2.57 bits per heavy atom. The second kappa shape index (κ2) is 3.56. The second-order valence-electron chi connectivity index (χ2n) is 3.28. The number of aliphatic hydroxyl groups is 1. The van der Waals surface area contributed by atoms with Crippen molar-refractivity contribution in [3.05, 3.63) is 47.1 Å². The Bertz CT molecular complexity index is 383. The Morgan fingerprint density at radius 1 is 1.29 bits per heavy atom. The molecule has 1 aliphatic heterocycles. The highest BCUT2D eigenvalue weighted by Gasteiger charge is 2.26. The van der Waals surface area contributed by atoms with Crippen LogP contribution in [0.25, 0.3) is 0 Å². The van der Waals surface area contributed by atoms with Crippen LogP contribution in [0, 0.1) is 0 Å². The smallest absolute Gasteiger partial charge is 0.114 e. The van der Waals surface area contributed by atoms with Crippen molar-refractivity contribution >= 4 is 17.8 Å². The van der Waals surface area contributed by atoms with Crippen molar-refractivity contribution in [2.24, 2.45) is 4.99 Å². The Morgan fingerprint density at radius 2 is 2.00 bits per heavy atom. The molecule has 0 fully saturated rings. The molecular weight excluding hydrogens is 198 g/mol. The minimum Gasteiger partial charge on any atom is -0.381 e. The van der Waals surface area contributed by atoms with E-state index in [1.165, 1.54) is 0 Å². The van der Waals surface area contributed by atoms with Crippen molar-refractivity contribution in [2.45, 2.75) is 12.0 Å². The lowest BCUT2D eigenvalue weighted by Crippen LogP contribution is -2.24. The summed E-state index contributed by atoms with van der Waals surface area (Å²) in [6.07, 6.45) is 5.51. The lowest BCUT2D eigenvalue weighted by molar-refractivity contribution is 0.0974. The van der Waals surface area contributed by atoms with E-state index in [0.29, 0.717) is 11.4 Å². The van der Waals surface area contributed by atoms with Crippen LogP contribution in [0.1, 0.15) is 12.0 Å².